The minimum absolute atomic E-state index is 0.113. The molecule has 2 aromatic rings. The number of rotatable bonds is 8. The number of carbonyl (C=O) groups excluding carboxylic acids is 1. The Morgan fingerprint density at radius 3 is 2.59 bits per heavy atom. The topological polar surface area (TPSA) is 76.1 Å². The lowest BCUT2D eigenvalue weighted by Gasteiger charge is -2.30. The summed E-state index contributed by atoms with van der Waals surface area (Å²) in [6.45, 7) is 7.38. The van der Waals surface area contributed by atoms with Gasteiger partial charge in [-0.2, -0.15) is 0 Å². The van der Waals surface area contributed by atoms with Crippen LogP contribution in [0.4, 0.5) is 9.18 Å². The fraction of sp³-hybridized carbons (Fsp3) is 0.440. The highest BCUT2D eigenvalue weighted by Crippen LogP contribution is 2.38. The van der Waals surface area contributed by atoms with Crippen LogP contribution in [0.5, 0.6) is 5.75 Å². The van der Waals surface area contributed by atoms with Crippen molar-refractivity contribution in [2.24, 2.45) is 5.92 Å². The lowest BCUT2D eigenvalue weighted by Crippen LogP contribution is -2.37. The predicted octanol–water partition coefficient (Wildman–Crippen LogP) is 5.06. The molecular weight excluding hydrogens is 413 g/mol. The van der Waals surface area contributed by atoms with E-state index in [-0.39, 0.29) is 18.8 Å². The number of aliphatic carboxylic acids is 1. The molecule has 2 aromatic carbocycles. The van der Waals surface area contributed by atoms with Gasteiger partial charge in [-0.25, -0.2) is 9.18 Å². The fourth-order valence-electron chi connectivity index (χ4n) is 3.86. The number of benzene rings is 2. The summed E-state index contributed by atoms with van der Waals surface area (Å²) in [6, 6.07) is 8.38. The van der Waals surface area contributed by atoms with Crippen molar-refractivity contribution < 1.29 is 28.6 Å². The molecule has 7 heteroatoms. The zero-order chi connectivity index (χ0) is 23.3. The molecule has 1 N–H and O–H groups in total. The number of ether oxygens (including phenoxy) is 2. The summed E-state index contributed by atoms with van der Waals surface area (Å²) < 4.78 is 25.8. The second-order valence-electron chi connectivity index (χ2n) is 8.35. The first-order valence-corrected chi connectivity index (χ1v) is 11.0. The van der Waals surface area contributed by atoms with E-state index >= 15 is 0 Å². The standard InChI is InChI=1S/C25H30FNO5/c1-4-31-23-13-17(14-24(28)29)5-6-20(23)18-7-8-22(26)19-9-11-27(15-21(18)19)25(30)32-12-10-16(2)3/h5-8,13,16H,4,9-12,14-15H2,1-3H3,(H,28,29). The SMILES string of the molecule is CCOc1cc(CC(=O)O)ccc1-c1ccc(F)c2c1CN(C(=O)OCCC(C)C)CC2. The average molecular weight is 444 g/mol. The second-order valence-corrected chi connectivity index (χ2v) is 8.35. The van der Waals surface area contributed by atoms with E-state index in [4.69, 9.17) is 14.6 Å². The highest BCUT2D eigenvalue weighted by molar-refractivity contribution is 5.78. The summed E-state index contributed by atoms with van der Waals surface area (Å²) in [5.74, 6) is -0.244. The van der Waals surface area contributed by atoms with Crippen LogP contribution < -0.4 is 4.74 Å². The van der Waals surface area contributed by atoms with Crippen molar-refractivity contribution in [3.8, 4) is 16.9 Å². The van der Waals surface area contributed by atoms with Gasteiger partial charge in [0.15, 0.2) is 0 Å². The van der Waals surface area contributed by atoms with E-state index in [2.05, 4.69) is 13.8 Å². The Balaban J connectivity index is 1.93. The first kappa shape index (κ1) is 23.6. The summed E-state index contributed by atoms with van der Waals surface area (Å²) in [4.78, 5) is 25.3. The van der Waals surface area contributed by atoms with E-state index in [1.165, 1.54) is 6.07 Å². The van der Waals surface area contributed by atoms with Gasteiger partial charge in [-0.1, -0.05) is 32.0 Å². The van der Waals surface area contributed by atoms with Gasteiger partial charge in [0.25, 0.3) is 0 Å². The number of halogens is 1. The van der Waals surface area contributed by atoms with Crippen LogP contribution in [0.15, 0.2) is 30.3 Å². The Bertz CT molecular complexity index is 989. The van der Waals surface area contributed by atoms with Crippen LogP contribution in [0.2, 0.25) is 0 Å². The Labute approximate surface area is 187 Å². The molecule has 6 nitrogen and oxygen atoms in total. The Kier molecular flexibility index (Phi) is 7.72. The molecule has 0 atom stereocenters. The molecule has 0 fully saturated rings. The summed E-state index contributed by atoms with van der Waals surface area (Å²) in [6.07, 6.45) is 0.678. The molecule has 1 aliphatic rings. The van der Waals surface area contributed by atoms with Crippen molar-refractivity contribution >= 4 is 12.1 Å². The molecule has 0 bridgehead atoms. The van der Waals surface area contributed by atoms with E-state index in [1.54, 1.807) is 29.2 Å². The van der Waals surface area contributed by atoms with Crippen molar-refractivity contribution in [3.63, 3.8) is 0 Å². The Morgan fingerprint density at radius 2 is 1.91 bits per heavy atom. The molecule has 0 aliphatic carbocycles. The van der Waals surface area contributed by atoms with Gasteiger partial charge in [0.2, 0.25) is 0 Å². The maximum Gasteiger partial charge on any atom is 0.410 e. The average Bonchev–Trinajstić information content (AvgIpc) is 2.74. The third-order valence-electron chi connectivity index (χ3n) is 5.53. The normalized spacial score (nSPS) is 13.1. The molecular formula is C25H30FNO5. The number of carboxylic acid groups (broad SMARTS) is 1. The lowest BCUT2D eigenvalue weighted by molar-refractivity contribution is -0.136. The minimum atomic E-state index is -0.925. The number of hydrogen-bond donors (Lipinski definition) is 1. The number of fused-ring (bicyclic) bond motifs is 1. The van der Waals surface area contributed by atoms with Crippen molar-refractivity contribution in [1.82, 2.24) is 4.90 Å². The van der Waals surface area contributed by atoms with Crippen LogP contribution in [0, 0.1) is 11.7 Å². The monoisotopic (exact) mass is 443 g/mol. The van der Waals surface area contributed by atoms with Gasteiger partial charge in [0.1, 0.15) is 11.6 Å². The highest BCUT2D eigenvalue weighted by atomic mass is 19.1. The smallest absolute Gasteiger partial charge is 0.410 e. The molecule has 1 heterocycles. The zero-order valence-electron chi connectivity index (χ0n) is 18.8. The maximum absolute atomic E-state index is 14.6. The molecule has 1 aliphatic heterocycles. The van der Waals surface area contributed by atoms with E-state index < -0.39 is 12.1 Å². The molecule has 0 spiro atoms. The van der Waals surface area contributed by atoms with Crippen LogP contribution in [0.1, 0.15) is 43.9 Å². The van der Waals surface area contributed by atoms with Crippen LogP contribution in [0.3, 0.4) is 0 Å². The molecule has 172 valence electrons. The molecule has 3 rings (SSSR count). The van der Waals surface area contributed by atoms with Gasteiger partial charge in [-0.3, -0.25) is 4.79 Å². The van der Waals surface area contributed by atoms with Crippen LogP contribution in [0.25, 0.3) is 11.1 Å². The summed E-state index contributed by atoms with van der Waals surface area (Å²) in [5, 5.41) is 9.10. The van der Waals surface area contributed by atoms with Crippen LogP contribution in [-0.2, 0) is 28.9 Å². The summed E-state index contributed by atoms with van der Waals surface area (Å²) in [5.41, 5.74) is 3.45. The maximum atomic E-state index is 14.6. The fourth-order valence-corrected chi connectivity index (χ4v) is 3.86. The number of carbonyl (C=O) groups is 2. The van der Waals surface area contributed by atoms with Crippen molar-refractivity contribution in [2.75, 3.05) is 19.8 Å². The predicted molar refractivity (Wildman–Crippen MR) is 119 cm³/mol. The van der Waals surface area contributed by atoms with E-state index in [0.717, 1.165) is 23.1 Å². The van der Waals surface area contributed by atoms with Crippen molar-refractivity contribution in [1.29, 1.82) is 0 Å². The highest BCUT2D eigenvalue weighted by Gasteiger charge is 2.27. The molecule has 32 heavy (non-hydrogen) atoms. The lowest BCUT2D eigenvalue weighted by atomic mass is 9.90. The number of amides is 1. The van der Waals surface area contributed by atoms with Gasteiger partial charge < -0.3 is 19.5 Å². The first-order chi connectivity index (χ1) is 15.3. The van der Waals surface area contributed by atoms with Crippen molar-refractivity contribution in [2.45, 2.75) is 46.6 Å². The van der Waals surface area contributed by atoms with Gasteiger partial charge in [-0.15, -0.1) is 0 Å². The Morgan fingerprint density at radius 1 is 1.16 bits per heavy atom. The zero-order valence-corrected chi connectivity index (χ0v) is 18.8. The summed E-state index contributed by atoms with van der Waals surface area (Å²) in [7, 11) is 0. The Hall–Kier alpha value is -3.09. The van der Waals surface area contributed by atoms with Crippen LogP contribution >= 0.6 is 0 Å². The number of nitrogens with zero attached hydrogens (tertiary/aromatic N) is 1. The molecule has 0 saturated heterocycles. The van der Waals surface area contributed by atoms with Crippen LogP contribution in [-0.4, -0.2) is 41.8 Å². The van der Waals surface area contributed by atoms with Gasteiger partial charge in [0, 0.05) is 18.7 Å². The minimum Gasteiger partial charge on any atom is -0.493 e. The first-order valence-electron chi connectivity index (χ1n) is 11.0. The molecule has 1 amide bonds. The quantitative estimate of drug-likeness (QED) is 0.617. The molecule has 0 aromatic heterocycles. The second kappa shape index (κ2) is 10.5. The van der Waals surface area contributed by atoms with E-state index in [1.807, 2.05) is 6.92 Å². The van der Waals surface area contributed by atoms with Gasteiger partial charge >= 0.3 is 12.1 Å². The van der Waals surface area contributed by atoms with Gasteiger partial charge in [-0.05, 0) is 60.1 Å². The van der Waals surface area contributed by atoms with E-state index in [9.17, 15) is 14.0 Å². The molecule has 0 saturated carbocycles. The largest absolute Gasteiger partial charge is 0.493 e. The van der Waals surface area contributed by atoms with Crippen molar-refractivity contribution in [3.05, 3.63) is 52.8 Å². The number of carboxylic acids is 1. The number of hydrogen-bond acceptors (Lipinski definition) is 4. The molecule has 0 unspecified atom stereocenters. The van der Waals surface area contributed by atoms with E-state index in [0.29, 0.717) is 49.0 Å². The third-order valence-corrected chi connectivity index (χ3v) is 5.53. The molecule has 0 radical (unpaired) electrons. The summed E-state index contributed by atoms with van der Waals surface area (Å²) >= 11 is 0. The third kappa shape index (κ3) is 5.58. The van der Waals surface area contributed by atoms with Gasteiger partial charge in [0.05, 0.1) is 19.6 Å².